The summed E-state index contributed by atoms with van der Waals surface area (Å²) >= 11 is 0. The number of hydrogen-bond donors (Lipinski definition) is 2. The average molecular weight is 463 g/mol. The number of rotatable bonds is 5. The van der Waals surface area contributed by atoms with Crippen molar-refractivity contribution < 1.29 is 18.0 Å². The zero-order chi connectivity index (χ0) is 23.4. The van der Waals surface area contributed by atoms with Crippen molar-refractivity contribution in [1.29, 1.82) is 0 Å². The van der Waals surface area contributed by atoms with Crippen LogP contribution >= 0.6 is 0 Å². The number of carbonyl (C=O) groups is 1. The number of aromatic nitrogens is 2. The molecule has 33 heavy (non-hydrogen) atoms. The van der Waals surface area contributed by atoms with Crippen molar-refractivity contribution in [2.45, 2.75) is 45.3 Å². The van der Waals surface area contributed by atoms with Crippen LogP contribution in [0.5, 0.6) is 0 Å². The molecular weight excluding hydrogens is 433 g/mol. The second-order valence-electron chi connectivity index (χ2n) is 8.75. The number of piperidine rings is 1. The zero-order valence-electron chi connectivity index (χ0n) is 18.7. The molecule has 2 aromatic rings. The summed E-state index contributed by atoms with van der Waals surface area (Å²) in [6.07, 6.45) is 1.18. The molecule has 0 bridgehead atoms. The first-order valence-electron chi connectivity index (χ1n) is 11.4. The summed E-state index contributed by atoms with van der Waals surface area (Å²) in [7, 11) is 0. The summed E-state index contributed by atoms with van der Waals surface area (Å²) in [6.45, 7) is 5.46. The van der Waals surface area contributed by atoms with Crippen LogP contribution in [0.4, 0.5) is 35.3 Å². The number of pyridine rings is 2. The van der Waals surface area contributed by atoms with E-state index in [0.717, 1.165) is 50.7 Å². The molecular formula is C23H29F3N6O. The van der Waals surface area contributed by atoms with Crippen molar-refractivity contribution in [2.75, 3.05) is 41.3 Å². The summed E-state index contributed by atoms with van der Waals surface area (Å²) < 4.78 is 39.7. The quantitative estimate of drug-likeness (QED) is 0.677. The Morgan fingerprint density at radius 3 is 2.42 bits per heavy atom. The average Bonchev–Trinajstić information content (AvgIpc) is 3.33. The zero-order valence-corrected chi connectivity index (χ0v) is 18.7. The van der Waals surface area contributed by atoms with E-state index in [-0.39, 0.29) is 12.4 Å². The van der Waals surface area contributed by atoms with E-state index in [1.807, 2.05) is 11.0 Å². The lowest BCUT2D eigenvalue weighted by molar-refractivity contribution is -0.141. The minimum absolute atomic E-state index is 0.0671. The molecule has 2 aliphatic heterocycles. The Hall–Kier alpha value is -3.04. The van der Waals surface area contributed by atoms with Gasteiger partial charge >= 0.3 is 12.2 Å². The maximum Gasteiger partial charge on any atom is 0.433 e. The van der Waals surface area contributed by atoms with Gasteiger partial charge in [0.15, 0.2) is 0 Å². The Balaban J connectivity index is 1.40. The van der Waals surface area contributed by atoms with E-state index in [0.29, 0.717) is 30.3 Å². The second-order valence-corrected chi connectivity index (χ2v) is 8.75. The van der Waals surface area contributed by atoms with Crippen molar-refractivity contribution in [1.82, 2.24) is 15.3 Å². The van der Waals surface area contributed by atoms with E-state index in [4.69, 9.17) is 0 Å². The van der Waals surface area contributed by atoms with Crippen LogP contribution < -0.4 is 20.4 Å². The maximum absolute atomic E-state index is 13.2. The maximum atomic E-state index is 13.2. The first kappa shape index (κ1) is 23.1. The molecule has 2 fully saturated rings. The molecule has 4 heterocycles. The van der Waals surface area contributed by atoms with Crippen LogP contribution in [0, 0.1) is 5.92 Å². The molecule has 0 atom stereocenters. The molecule has 0 aromatic carbocycles. The van der Waals surface area contributed by atoms with Crippen LogP contribution in [0.1, 0.15) is 43.9 Å². The number of alkyl halides is 3. The minimum atomic E-state index is -4.52. The number of carbonyl (C=O) groups excluding carboxylic acids is 1. The Labute approximate surface area is 191 Å². The molecule has 4 rings (SSSR count). The number of anilines is 3. The van der Waals surface area contributed by atoms with Crippen LogP contribution in [-0.2, 0) is 12.7 Å². The molecule has 2 saturated heterocycles. The Morgan fingerprint density at radius 1 is 1.06 bits per heavy atom. The number of hydrogen-bond acceptors (Lipinski definition) is 5. The SMILES string of the molecule is CC1CCN(c2nc(C(F)(F)F)ccc2CNC(=O)Nc2ccc(N3CCCC3)nc2)CC1. The molecule has 2 aromatic heterocycles. The third-order valence-electron chi connectivity index (χ3n) is 6.20. The van der Waals surface area contributed by atoms with E-state index < -0.39 is 17.9 Å². The number of amides is 2. The van der Waals surface area contributed by atoms with Gasteiger partial charge in [-0.05, 0) is 49.8 Å². The summed E-state index contributed by atoms with van der Waals surface area (Å²) in [5.41, 5.74) is 0.176. The highest BCUT2D eigenvalue weighted by Gasteiger charge is 2.34. The normalized spacial score (nSPS) is 17.3. The van der Waals surface area contributed by atoms with Gasteiger partial charge in [-0.1, -0.05) is 13.0 Å². The largest absolute Gasteiger partial charge is 0.433 e. The molecule has 2 amide bonds. The van der Waals surface area contributed by atoms with Gasteiger partial charge in [0.25, 0.3) is 0 Å². The molecule has 0 spiro atoms. The summed E-state index contributed by atoms with van der Waals surface area (Å²) in [6, 6.07) is 5.57. The number of urea groups is 1. The van der Waals surface area contributed by atoms with Gasteiger partial charge in [-0.25, -0.2) is 14.8 Å². The van der Waals surface area contributed by atoms with Crippen LogP contribution in [0.15, 0.2) is 30.5 Å². The van der Waals surface area contributed by atoms with E-state index in [1.54, 1.807) is 12.3 Å². The molecule has 2 N–H and O–H groups in total. The highest BCUT2D eigenvalue weighted by molar-refractivity contribution is 5.89. The topological polar surface area (TPSA) is 73.4 Å². The van der Waals surface area contributed by atoms with Crippen molar-refractivity contribution in [3.63, 3.8) is 0 Å². The van der Waals surface area contributed by atoms with E-state index >= 15 is 0 Å². The molecule has 178 valence electrons. The van der Waals surface area contributed by atoms with Gasteiger partial charge in [0.05, 0.1) is 11.9 Å². The highest BCUT2D eigenvalue weighted by atomic mass is 19.4. The monoisotopic (exact) mass is 462 g/mol. The van der Waals surface area contributed by atoms with Gasteiger partial charge in [-0.15, -0.1) is 0 Å². The fourth-order valence-corrected chi connectivity index (χ4v) is 4.21. The smallest absolute Gasteiger partial charge is 0.357 e. The van der Waals surface area contributed by atoms with Gasteiger partial charge in [-0.2, -0.15) is 13.2 Å². The Morgan fingerprint density at radius 2 is 1.79 bits per heavy atom. The lowest BCUT2D eigenvalue weighted by Crippen LogP contribution is -2.35. The van der Waals surface area contributed by atoms with E-state index in [2.05, 4.69) is 32.4 Å². The predicted molar refractivity (Wildman–Crippen MR) is 121 cm³/mol. The van der Waals surface area contributed by atoms with Gasteiger partial charge < -0.3 is 20.4 Å². The van der Waals surface area contributed by atoms with Crippen LogP contribution in [0.3, 0.4) is 0 Å². The van der Waals surface area contributed by atoms with Gasteiger partial charge in [0.1, 0.15) is 17.3 Å². The molecule has 7 nitrogen and oxygen atoms in total. The standard InChI is InChI=1S/C23H29F3N6O/c1-16-8-12-32(13-9-16)21-17(4-6-19(30-21)23(24,25)26)14-28-22(33)29-18-5-7-20(27-15-18)31-10-2-3-11-31/h4-7,15-16H,2-3,8-14H2,1H3,(H2,28,29,33). The van der Waals surface area contributed by atoms with Crippen molar-refractivity contribution in [3.8, 4) is 0 Å². The summed E-state index contributed by atoms with van der Waals surface area (Å²) in [4.78, 5) is 24.8. The third-order valence-corrected chi connectivity index (χ3v) is 6.20. The lowest BCUT2D eigenvalue weighted by Gasteiger charge is -2.33. The number of nitrogens with one attached hydrogen (secondary N) is 2. The molecule has 10 heteroatoms. The molecule has 0 unspecified atom stereocenters. The van der Waals surface area contributed by atoms with Crippen molar-refractivity contribution in [2.24, 2.45) is 5.92 Å². The number of nitrogens with zero attached hydrogens (tertiary/aromatic N) is 4. The molecule has 0 saturated carbocycles. The minimum Gasteiger partial charge on any atom is -0.357 e. The van der Waals surface area contributed by atoms with Gasteiger partial charge in [0.2, 0.25) is 0 Å². The molecule has 0 radical (unpaired) electrons. The fraction of sp³-hybridized carbons (Fsp3) is 0.522. The first-order valence-corrected chi connectivity index (χ1v) is 11.4. The fourth-order valence-electron chi connectivity index (χ4n) is 4.21. The molecule has 2 aliphatic rings. The summed E-state index contributed by atoms with van der Waals surface area (Å²) in [5.74, 6) is 1.70. The van der Waals surface area contributed by atoms with E-state index in [9.17, 15) is 18.0 Å². The number of halogens is 3. The van der Waals surface area contributed by atoms with Gasteiger partial charge in [0, 0.05) is 38.3 Å². The van der Waals surface area contributed by atoms with Crippen LogP contribution in [0.25, 0.3) is 0 Å². The Bertz CT molecular complexity index is 952. The van der Waals surface area contributed by atoms with Gasteiger partial charge in [-0.3, -0.25) is 0 Å². The van der Waals surface area contributed by atoms with E-state index in [1.165, 1.54) is 6.07 Å². The predicted octanol–water partition coefficient (Wildman–Crippen LogP) is 4.65. The third kappa shape index (κ3) is 5.85. The Kier molecular flexibility index (Phi) is 6.90. The molecule has 0 aliphatic carbocycles. The summed E-state index contributed by atoms with van der Waals surface area (Å²) in [5, 5.41) is 5.45. The second kappa shape index (κ2) is 9.84. The first-order chi connectivity index (χ1) is 15.8. The van der Waals surface area contributed by atoms with Crippen LogP contribution in [0.2, 0.25) is 0 Å². The van der Waals surface area contributed by atoms with Crippen LogP contribution in [-0.4, -0.2) is 42.2 Å². The highest BCUT2D eigenvalue weighted by Crippen LogP contribution is 2.32. The van der Waals surface area contributed by atoms with Crippen molar-refractivity contribution >= 4 is 23.4 Å². The van der Waals surface area contributed by atoms with Crippen molar-refractivity contribution in [3.05, 3.63) is 41.7 Å². The lowest BCUT2D eigenvalue weighted by atomic mass is 9.99.